The summed E-state index contributed by atoms with van der Waals surface area (Å²) in [5, 5.41) is 2.85. The van der Waals surface area contributed by atoms with E-state index < -0.39 is 0 Å². The third kappa shape index (κ3) is 3.23. The van der Waals surface area contributed by atoms with E-state index in [1.54, 1.807) is 16.7 Å². The van der Waals surface area contributed by atoms with Crippen LogP contribution >= 0.6 is 34.7 Å². The average Bonchev–Trinajstić information content (AvgIpc) is 3.02. The first-order chi connectivity index (χ1) is 11.5. The monoisotopic (exact) mass is 382 g/mol. The fourth-order valence-corrected chi connectivity index (χ4v) is 4.59. The van der Waals surface area contributed by atoms with Crippen molar-refractivity contribution in [3.8, 4) is 0 Å². The molecule has 0 unspecified atom stereocenters. The Morgan fingerprint density at radius 2 is 2.21 bits per heavy atom. The van der Waals surface area contributed by atoms with Crippen LogP contribution in [0.4, 0.5) is 4.39 Å². The molecule has 3 rings (SSSR count). The predicted molar refractivity (Wildman–Crippen MR) is 99.9 cm³/mol. The van der Waals surface area contributed by atoms with Crippen molar-refractivity contribution in [3.05, 3.63) is 56.4 Å². The van der Waals surface area contributed by atoms with Crippen molar-refractivity contribution in [1.29, 1.82) is 0 Å². The largest absolute Gasteiger partial charge is 0.284 e. The molecule has 1 atom stereocenters. The predicted octanol–water partition coefficient (Wildman–Crippen LogP) is 5.51. The summed E-state index contributed by atoms with van der Waals surface area (Å²) in [4.78, 5) is 17.4. The van der Waals surface area contributed by atoms with E-state index in [0.29, 0.717) is 31.7 Å². The van der Waals surface area contributed by atoms with Crippen LogP contribution in [-0.4, -0.2) is 9.55 Å². The lowest BCUT2D eigenvalue weighted by Crippen LogP contribution is -2.25. The van der Waals surface area contributed by atoms with Crippen molar-refractivity contribution in [2.75, 3.05) is 0 Å². The zero-order chi connectivity index (χ0) is 17.3. The normalized spacial score (nSPS) is 12.7. The summed E-state index contributed by atoms with van der Waals surface area (Å²) in [6.07, 6.45) is 0.812. The number of hydrogen-bond acceptors (Lipinski definition) is 4. The van der Waals surface area contributed by atoms with E-state index in [-0.39, 0.29) is 17.4 Å². The first kappa shape index (κ1) is 17.5. The molecule has 24 heavy (non-hydrogen) atoms. The number of thioether (sulfide) groups is 1. The second-order valence-corrected chi connectivity index (χ2v) is 7.72. The summed E-state index contributed by atoms with van der Waals surface area (Å²) in [7, 11) is 0. The van der Waals surface area contributed by atoms with Gasteiger partial charge in [0.1, 0.15) is 10.5 Å². The molecule has 0 bridgehead atoms. The molecule has 0 saturated carbocycles. The highest BCUT2D eigenvalue weighted by Crippen LogP contribution is 2.30. The topological polar surface area (TPSA) is 34.9 Å². The van der Waals surface area contributed by atoms with E-state index in [2.05, 4.69) is 4.98 Å². The molecule has 0 aliphatic heterocycles. The maximum absolute atomic E-state index is 14.0. The molecule has 3 aromatic rings. The molecule has 0 aliphatic rings. The molecule has 0 saturated heterocycles. The fourth-order valence-electron chi connectivity index (χ4n) is 2.38. The number of nitrogens with zero attached hydrogens (tertiary/aromatic N) is 2. The number of fused-ring (bicyclic) bond motifs is 1. The van der Waals surface area contributed by atoms with Gasteiger partial charge in [0.15, 0.2) is 5.16 Å². The van der Waals surface area contributed by atoms with E-state index in [4.69, 9.17) is 11.6 Å². The Hall–Kier alpha value is -1.37. The van der Waals surface area contributed by atoms with Crippen LogP contribution < -0.4 is 5.56 Å². The van der Waals surface area contributed by atoms with Gasteiger partial charge < -0.3 is 0 Å². The molecule has 2 aromatic heterocycles. The quantitative estimate of drug-likeness (QED) is 0.431. The number of rotatable bonds is 5. The fraction of sp³-hybridized carbons (Fsp3) is 0.294. The SMILES string of the molecule is CC[C@H](C)n1c(SCc2c(F)cccc2Cl)nc2ccsc2c1=O. The molecule has 0 radical (unpaired) electrons. The summed E-state index contributed by atoms with van der Waals surface area (Å²) >= 11 is 8.83. The van der Waals surface area contributed by atoms with E-state index in [9.17, 15) is 9.18 Å². The Morgan fingerprint density at radius 1 is 1.42 bits per heavy atom. The maximum Gasteiger partial charge on any atom is 0.272 e. The van der Waals surface area contributed by atoms with Gasteiger partial charge in [0.2, 0.25) is 0 Å². The minimum Gasteiger partial charge on any atom is -0.284 e. The van der Waals surface area contributed by atoms with E-state index in [1.165, 1.54) is 29.2 Å². The van der Waals surface area contributed by atoms with Crippen LogP contribution in [-0.2, 0) is 5.75 Å². The van der Waals surface area contributed by atoms with Crippen LogP contribution in [0, 0.1) is 5.82 Å². The molecule has 0 N–H and O–H groups in total. The van der Waals surface area contributed by atoms with Crippen molar-refractivity contribution >= 4 is 44.9 Å². The van der Waals surface area contributed by atoms with Gasteiger partial charge in [0.25, 0.3) is 5.56 Å². The lowest BCUT2D eigenvalue weighted by atomic mass is 10.2. The van der Waals surface area contributed by atoms with E-state index in [0.717, 1.165) is 6.42 Å². The van der Waals surface area contributed by atoms with Gasteiger partial charge >= 0.3 is 0 Å². The van der Waals surface area contributed by atoms with Gasteiger partial charge in [0.05, 0.1) is 5.52 Å². The molecule has 0 aliphatic carbocycles. The molecule has 2 heterocycles. The lowest BCUT2D eigenvalue weighted by molar-refractivity contribution is 0.468. The molecule has 1 aromatic carbocycles. The van der Waals surface area contributed by atoms with Gasteiger partial charge in [0, 0.05) is 22.4 Å². The molecular weight excluding hydrogens is 367 g/mol. The maximum atomic E-state index is 14.0. The molecular formula is C17H16ClFN2OS2. The highest BCUT2D eigenvalue weighted by Gasteiger charge is 2.17. The van der Waals surface area contributed by atoms with Gasteiger partial charge in [-0.3, -0.25) is 9.36 Å². The van der Waals surface area contributed by atoms with Crippen LogP contribution in [0.1, 0.15) is 31.9 Å². The van der Waals surface area contributed by atoms with Crippen molar-refractivity contribution in [3.63, 3.8) is 0 Å². The van der Waals surface area contributed by atoms with Crippen LogP contribution in [0.25, 0.3) is 10.2 Å². The van der Waals surface area contributed by atoms with Crippen molar-refractivity contribution in [2.45, 2.75) is 37.2 Å². The van der Waals surface area contributed by atoms with Gasteiger partial charge in [-0.25, -0.2) is 9.37 Å². The Bertz CT molecular complexity index is 918. The third-order valence-electron chi connectivity index (χ3n) is 3.92. The number of halogens is 2. The second kappa shape index (κ2) is 7.25. The van der Waals surface area contributed by atoms with Crippen molar-refractivity contribution < 1.29 is 4.39 Å². The first-order valence-corrected chi connectivity index (χ1v) is 9.82. The smallest absolute Gasteiger partial charge is 0.272 e. The Morgan fingerprint density at radius 3 is 2.92 bits per heavy atom. The summed E-state index contributed by atoms with van der Waals surface area (Å²) in [5.74, 6) is -0.0200. The summed E-state index contributed by atoms with van der Waals surface area (Å²) < 4.78 is 16.3. The van der Waals surface area contributed by atoms with Crippen molar-refractivity contribution in [2.24, 2.45) is 0 Å². The van der Waals surface area contributed by atoms with Crippen LogP contribution in [0.5, 0.6) is 0 Å². The number of benzene rings is 1. The minimum absolute atomic E-state index is 0.0232. The van der Waals surface area contributed by atoms with Gasteiger partial charge in [-0.2, -0.15) is 0 Å². The van der Waals surface area contributed by atoms with Gasteiger partial charge in [-0.1, -0.05) is 36.4 Å². The third-order valence-corrected chi connectivity index (χ3v) is 6.14. The molecule has 0 fully saturated rings. The number of thiophene rings is 1. The molecule has 7 heteroatoms. The highest BCUT2D eigenvalue weighted by molar-refractivity contribution is 7.98. The Balaban J connectivity index is 2.03. The zero-order valence-corrected chi connectivity index (χ0v) is 15.6. The second-order valence-electron chi connectivity index (χ2n) is 5.45. The first-order valence-electron chi connectivity index (χ1n) is 7.58. The Labute approximate surface area is 152 Å². The summed E-state index contributed by atoms with van der Waals surface area (Å²) in [5.41, 5.74) is 1.08. The number of aromatic nitrogens is 2. The van der Waals surface area contributed by atoms with E-state index >= 15 is 0 Å². The standard InChI is InChI=1S/C17H16ClFN2OS2/c1-3-10(2)21-16(22)15-14(7-8-23-15)20-17(21)24-9-11-12(18)5-4-6-13(11)19/h4-8,10H,3,9H2,1-2H3/t10-/m0/s1. The van der Waals surface area contributed by atoms with Gasteiger partial charge in [-0.05, 0) is 36.9 Å². The van der Waals surface area contributed by atoms with E-state index in [1.807, 2.05) is 25.3 Å². The molecule has 3 nitrogen and oxygen atoms in total. The summed E-state index contributed by atoms with van der Waals surface area (Å²) in [6, 6.07) is 6.49. The van der Waals surface area contributed by atoms with Crippen LogP contribution in [0.15, 0.2) is 39.6 Å². The van der Waals surface area contributed by atoms with Crippen LogP contribution in [0.3, 0.4) is 0 Å². The van der Waals surface area contributed by atoms with Crippen LogP contribution in [0.2, 0.25) is 5.02 Å². The number of hydrogen-bond donors (Lipinski definition) is 0. The lowest BCUT2D eigenvalue weighted by Gasteiger charge is -2.17. The van der Waals surface area contributed by atoms with Crippen molar-refractivity contribution in [1.82, 2.24) is 9.55 Å². The zero-order valence-electron chi connectivity index (χ0n) is 13.3. The average molecular weight is 383 g/mol. The minimum atomic E-state index is -0.343. The molecule has 0 spiro atoms. The molecule has 126 valence electrons. The molecule has 0 amide bonds. The Kier molecular flexibility index (Phi) is 5.27. The van der Waals surface area contributed by atoms with Gasteiger partial charge in [-0.15, -0.1) is 11.3 Å². The summed E-state index contributed by atoms with van der Waals surface area (Å²) in [6.45, 7) is 4.01. The highest BCUT2D eigenvalue weighted by atomic mass is 35.5.